The molecule has 2 N–H and O–H groups in total. The van der Waals surface area contributed by atoms with Crippen molar-refractivity contribution in [2.45, 2.75) is 39.3 Å². The van der Waals surface area contributed by atoms with Gasteiger partial charge in [0.05, 0.1) is 6.10 Å². The molecule has 23 heavy (non-hydrogen) atoms. The van der Waals surface area contributed by atoms with Crippen LogP contribution in [0.3, 0.4) is 0 Å². The van der Waals surface area contributed by atoms with E-state index in [1.807, 2.05) is 31.2 Å². The molecular formula is C17H25N3O3. The van der Waals surface area contributed by atoms with E-state index < -0.39 is 0 Å². The molecule has 0 radical (unpaired) electrons. The Morgan fingerprint density at radius 1 is 1.43 bits per heavy atom. The molecule has 1 aromatic rings. The molecule has 6 nitrogen and oxygen atoms in total. The number of benzene rings is 1. The van der Waals surface area contributed by atoms with Crippen molar-refractivity contribution >= 4 is 11.9 Å². The summed E-state index contributed by atoms with van der Waals surface area (Å²) in [5, 5.41) is 5.66. The number of urea groups is 1. The monoisotopic (exact) mass is 319 g/mol. The zero-order valence-corrected chi connectivity index (χ0v) is 13.8. The van der Waals surface area contributed by atoms with E-state index >= 15 is 0 Å². The first-order chi connectivity index (χ1) is 11.1. The third kappa shape index (κ3) is 5.47. The standard InChI is InChI=1S/C17H25N3O3/c1-3-13(2)23-15-6-4-5-14(11-15)12-19-17(22)20-9-7-16(21)18-8-10-20/h4-6,11,13H,3,7-10,12H2,1-2H3,(H,18,21)(H,19,22)/t13-/m0/s1. The molecule has 0 aromatic heterocycles. The number of rotatable bonds is 5. The van der Waals surface area contributed by atoms with E-state index in [0.717, 1.165) is 17.7 Å². The van der Waals surface area contributed by atoms with E-state index in [-0.39, 0.29) is 18.0 Å². The van der Waals surface area contributed by atoms with Crippen LogP contribution in [-0.4, -0.2) is 42.6 Å². The lowest BCUT2D eigenvalue weighted by atomic mass is 10.2. The van der Waals surface area contributed by atoms with Gasteiger partial charge in [0.2, 0.25) is 5.91 Å². The van der Waals surface area contributed by atoms with E-state index in [1.54, 1.807) is 4.90 Å². The fourth-order valence-corrected chi connectivity index (χ4v) is 2.30. The molecule has 0 unspecified atom stereocenters. The molecule has 0 saturated carbocycles. The maximum absolute atomic E-state index is 12.2. The highest BCUT2D eigenvalue weighted by molar-refractivity contribution is 5.79. The van der Waals surface area contributed by atoms with Gasteiger partial charge in [-0.25, -0.2) is 4.79 Å². The molecule has 0 bridgehead atoms. The Kier molecular flexibility index (Phi) is 6.26. The van der Waals surface area contributed by atoms with Crippen molar-refractivity contribution < 1.29 is 14.3 Å². The van der Waals surface area contributed by atoms with Gasteiger partial charge in [-0.05, 0) is 31.0 Å². The second-order valence-electron chi connectivity index (χ2n) is 5.73. The van der Waals surface area contributed by atoms with Crippen molar-refractivity contribution in [3.63, 3.8) is 0 Å². The number of amides is 3. The molecule has 3 amide bonds. The minimum Gasteiger partial charge on any atom is -0.491 e. The van der Waals surface area contributed by atoms with Gasteiger partial charge in [-0.3, -0.25) is 4.79 Å². The summed E-state index contributed by atoms with van der Waals surface area (Å²) in [5.74, 6) is 0.811. The molecule has 1 heterocycles. The molecule has 1 aromatic carbocycles. The Labute approximate surface area is 137 Å². The number of ether oxygens (including phenoxy) is 1. The molecule has 1 atom stereocenters. The normalized spacial score (nSPS) is 16.3. The van der Waals surface area contributed by atoms with Gasteiger partial charge in [0, 0.05) is 32.6 Å². The SMILES string of the molecule is CC[C@H](C)Oc1cccc(CNC(=O)N2CCNC(=O)CC2)c1. The zero-order chi connectivity index (χ0) is 16.7. The number of hydrogen-bond acceptors (Lipinski definition) is 3. The maximum Gasteiger partial charge on any atom is 0.317 e. The predicted octanol–water partition coefficient (Wildman–Crippen LogP) is 1.90. The summed E-state index contributed by atoms with van der Waals surface area (Å²) in [6.07, 6.45) is 1.47. The lowest BCUT2D eigenvalue weighted by Crippen LogP contribution is -2.41. The van der Waals surface area contributed by atoms with E-state index in [9.17, 15) is 9.59 Å². The first-order valence-corrected chi connectivity index (χ1v) is 8.13. The zero-order valence-electron chi connectivity index (χ0n) is 13.8. The van der Waals surface area contributed by atoms with Crippen LogP contribution in [0.15, 0.2) is 24.3 Å². The molecular weight excluding hydrogens is 294 g/mol. The Morgan fingerprint density at radius 2 is 2.26 bits per heavy atom. The smallest absolute Gasteiger partial charge is 0.317 e. The summed E-state index contributed by atoms with van der Waals surface area (Å²) in [5.41, 5.74) is 0.989. The van der Waals surface area contributed by atoms with Crippen LogP contribution in [0.1, 0.15) is 32.3 Å². The van der Waals surface area contributed by atoms with Crippen LogP contribution in [-0.2, 0) is 11.3 Å². The summed E-state index contributed by atoms with van der Waals surface area (Å²) in [4.78, 5) is 25.1. The van der Waals surface area contributed by atoms with Crippen LogP contribution in [0.5, 0.6) is 5.75 Å². The first-order valence-electron chi connectivity index (χ1n) is 8.13. The molecule has 1 aliphatic heterocycles. The topological polar surface area (TPSA) is 70.7 Å². The highest BCUT2D eigenvalue weighted by Crippen LogP contribution is 2.15. The second-order valence-corrected chi connectivity index (χ2v) is 5.73. The van der Waals surface area contributed by atoms with E-state index in [0.29, 0.717) is 32.6 Å². The van der Waals surface area contributed by atoms with Crippen molar-refractivity contribution in [3.8, 4) is 5.75 Å². The average molecular weight is 319 g/mol. The highest BCUT2D eigenvalue weighted by atomic mass is 16.5. The number of nitrogens with zero attached hydrogens (tertiary/aromatic N) is 1. The fourth-order valence-electron chi connectivity index (χ4n) is 2.30. The maximum atomic E-state index is 12.2. The van der Waals surface area contributed by atoms with Gasteiger partial charge in [0.1, 0.15) is 5.75 Å². The van der Waals surface area contributed by atoms with E-state index in [1.165, 1.54) is 0 Å². The van der Waals surface area contributed by atoms with Gasteiger partial charge in [0.15, 0.2) is 0 Å². The van der Waals surface area contributed by atoms with Crippen molar-refractivity contribution in [2.75, 3.05) is 19.6 Å². The highest BCUT2D eigenvalue weighted by Gasteiger charge is 2.17. The molecule has 1 saturated heterocycles. The molecule has 126 valence electrons. The Morgan fingerprint density at radius 3 is 3.04 bits per heavy atom. The number of nitrogens with one attached hydrogen (secondary N) is 2. The summed E-state index contributed by atoms with van der Waals surface area (Å²) in [7, 11) is 0. The Balaban J connectivity index is 1.86. The third-order valence-corrected chi connectivity index (χ3v) is 3.85. The molecule has 6 heteroatoms. The van der Waals surface area contributed by atoms with E-state index in [4.69, 9.17) is 4.74 Å². The second kappa shape index (κ2) is 8.41. The minimum absolute atomic E-state index is 0.00445. The molecule has 0 spiro atoms. The van der Waals surface area contributed by atoms with Crippen LogP contribution >= 0.6 is 0 Å². The molecule has 0 aliphatic carbocycles. The van der Waals surface area contributed by atoms with Crippen LogP contribution in [0.2, 0.25) is 0 Å². The lowest BCUT2D eigenvalue weighted by molar-refractivity contribution is -0.120. The van der Waals surface area contributed by atoms with Crippen molar-refractivity contribution in [1.82, 2.24) is 15.5 Å². The van der Waals surface area contributed by atoms with E-state index in [2.05, 4.69) is 17.6 Å². The lowest BCUT2D eigenvalue weighted by Gasteiger charge is -2.20. The van der Waals surface area contributed by atoms with Gasteiger partial charge in [0.25, 0.3) is 0 Å². The summed E-state index contributed by atoms with van der Waals surface area (Å²) >= 11 is 0. The van der Waals surface area contributed by atoms with Crippen LogP contribution in [0.4, 0.5) is 4.79 Å². The van der Waals surface area contributed by atoms with Gasteiger partial charge in [-0.2, -0.15) is 0 Å². The summed E-state index contributed by atoms with van der Waals surface area (Å²) in [6, 6.07) is 7.60. The number of carbonyl (C=O) groups is 2. The summed E-state index contributed by atoms with van der Waals surface area (Å²) < 4.78 is 5.79. The van der Waals surface area contributed by atoms with Crippen LogP contribution < -0.4 is 15.4 Å². The van der Waals surface area contributed by atoms with Crippen LogP contribution in [0.25, 0.3) is 0 Å². The van der Waals surface area contributed by atoms with Gasteiger partial charge >= 0.3 is 6.03 Å². The number of hydrogen-bond donors (Lipinski definition) is 2. The van der Waals surface area contributed by atoms with Gasteiger partial charge < -0.3 is 20.3 Å². The molecule has 2 rings (SSSR count). The van der Waals surface area contributed by atoms with Crippen LogP contribution in [0, 0.1) is 0 Å². The van der Waals surface area contributed by atoms with Gasteiger partial charge in [-0.1, -0.05) is 19.1 Å². The Bertz CT molecular complexity index is 548. The largest absolute Gasteiger partial charge is 0.491 e. The number of carbonyl (C=O) groups excluding carboxylic acids is 2. The molecule has 1 fully saturated rings. The first kappa shape index (κ1) is 17.1. The average Bonchev–Trinajstić information content (AvgIpc) is 2.77. The minimum atomic E-state index is -0.144. The van der Waals surface area contributed by atoms with Crippen molar-refractivity contribution in [3.05, 3.63) is 29.8 Å². The van der Waals surface area contributed by atoms with Gasteiger partial charge in [-0.15, -0.1) is 0 Å². The third-order valence-electron chi connectivity index (χ3n) is 3.85. The quantitative estimate of drug-likeness (QED) is 0.871. The summed E-state index contributed by atoms with van der Waals surface area (Å²) in [6.45, 7) is 6.04. The Hall–Kier alpha value is -2.24. The van der Waals surface area contributed by atoms with Crippen molar-refractivity contribution in [1.29, 1.82) is 0 Å². The fraction of sp³-hybridized carbons (Fsp3) is 0.529. The molecule has 1 aliphatic rings. The predicted molar refractivity (Wildman–Crippen MR) is 88.3 cm³/mol. The van der Waals surface area contributed by atoms with Crippen molar-refractivity contribution in [2.24, 2.45) is 0 Å².